The molecule has 1 aliphatic carbocycles. The van der Waals surface area contributed by atoms with Crippen LogP contribution in [0.5, 0.6) is 0 Å². The summed E-state index contributed by atoms with van der Waals surface area (Å²) < 4.78 is 0. The minimum Gasteiger partial charge on any atom is -0.0891 e. The molecule has 13 heavy (non-hydrogen) atoms. The number of unbranched alkanes of at least 4 members (excludes halogenated alkanes) is 1. The Morgan fingerprint density at radius 1 is 1.23 bits per heavy atom. The van der Waals surface area contributed by atoms with E-state index in [1.54, 1.807) is 0 Å². The van der Waals surface area contributed by atoms with Gasteiger partial charge in [0.15, 0.2) is 0 Å². The Kier molecular flexibility index (Phi) is 4.78. The van der Waals surface area contributed by atoms with Gasteiger partial charge in [0, 0.05) is 4.83 Å². The Morgan fingerprint density at radius 3 is 2.31 bits per heavy atom. The highest BCUT2D eigenvalue weighted by atomic mass is 79.9. The van der Waals surface area contributed by atoms with Gasteiger partial charge in [0.2, 0.25) is 0 Å². The first-order chi connectivity index (χ1) is 6.22. The molecule has 1 rings (SSSR count). The molecule has 0 spiro atoms. The molecule has 0 radical (unpaired) electrons. The van der Waals surface area contributed by atoms with Crippen LogP contribution in [0.15, 0.2) is 0 Å². The SMILES string of the molecule is CCCCC1(CC)CCC(Br)CC1. The van der Waals surface area contributed by atoms with Crippen LogP contribution in [0.4, 0.5) is 0 Å². The molecule has 0 bridgehead atoms. The van der Waals surface area contributed by atoms with Crippen molar-refractivity contribution < 1.29 is 0 Å². The van der Waals surface area contributed by atoms with E-state index in [9.17, 15) is 0 Å². The zero-order valence-electron chi connectivity index (χ0n) is 9.11. The highest BCUT2D eigenvalue weighted by Crippen LogP contribution is 2.44. The average molecular weight is 247 g/mol. The second-order valence-corrected chi connectivity index (χ2v) is 5.93. The van der Waals surface area contributed by atoms with Crippen molar-refractivity contribution in [2.75, 3.05) is 0 Å². The number of alkyl halides is 1. The van der Waals surface area contributed by atoms with Crippen molar-refractivity contribution in [3.8, 4) is 0 Å². The van der Waals surface area contributed by atoms with E-state index in [1.165, 1.54) is 51.4 Å². The van der Waals surface area contributed by atoms with Gasteiger partial charge in [-0.3, -0.25) is 0 Å². The molecule has 0 aromatic carbocycles. The second-order valence-electron chi connectivity index (χ2n) is 4.63. The highest BCUT2D eigenvalue weighted by molar-refractivity contribution is 9.09. The van der Waals surface area contributed by atoms with Gasteiger partial charge in [-0.25, -0.2) is 0 Å². The van der Waals surface area contributed by atoms with Crippen LogP contribution < -0.4 is 0 Å². The molecule has 0 aliphatic heterocycles. The van der Waals surface area contributed by atoms with Gasteiger partial charge in [0.1, 0.15) is 0 Å². The number of hydrogen-bond acceptors (Lipinski definition) is 0. The van der Waals surface area contributed by atoms with E-state index < -0.39 is 0 Å². The Labute approximate surface area is 91.6 Å². The molecule has 1 aliphatic rings. The van der Waals surface area contributed by atoms with Crippen molar-refractivity contribution in [1.82, 2.24) is 0 Å². The topological polar surface area (TPSA) is 0 Å². The van der Waals surface area contributed by atoms with E-state index in [-0.39, 0.29) is 0 Å². The summed E-state index contributed by atoms with van der Waals surface area (Å²) in [6.07, 6.45) is 11.4. The molecule has 0 saturated heterocycles. The number of rotatable bonds is 4. The molecular weight excluding hydrogens is 224 g/mol. The van der Waals surface area contributed by atoms with Crippen LogP contribution in [0.2, 0.25) is 0 Å². The normalized spacial score (nSPS) is 34.8. The van der Waals surface area contributed by atoms with Crippen molar-refractivity contribution in [1.29, 1.82) is 0 Å². The van der Waals surface area contributed by atoms with Crippen LogP contribution >= 0.6 is 15.9 Å². The standard InChI is InChI=1S/C12H23Br/c1-3-5-8-12(4-2)9-6-11(13)7-10-12/h11H,3-10H2,1-2H3. The van der Waals surface area contributed by atoms with Crippen LogP contribution in [-0.2, 0) is 0 Å². The van der Waals surface area contributed by atoms with Gasteiger partial charge in [-0.15, -0.1) is 0 Å². The maximum Gasteiger partial charge on any atom is 0.0146 e. The minimum atomic E-state index is 0.722. The van der Waals surface area contributed by atoms with Crippen molar-refractivity contribution in [2.24, 2.45) is 5.41 Å². The van der Waals surface area contributed by atoms with Crippen LogP contribution in [0, 0.1) is 5.41 Å². The fraction of sp³-hybridized carbons (Fsp3) is 1.00. The summed E-state index contributed by atoms with van der Waals surface area (Å²) in [4.78, 5) is 0.814. The van der Waals surface area contributed by atoms with Crippen LogP contribution in [0.3, 0.4) is 0 Å². The van der Waals surface area contributed by atoms with Gasteiger partial charge in [-0.2, -0.15) is 0 Å². The van der Waals surface area contributed by atoms with Crippen LogP contribution in [0.25, 0.3) is 0 Å². The molecule has 0 aromatic rings. The molecular formula is C12H23Br. The summed E-state index contributed by atoms with van der Waals surface area (Å²) in [7, 11) is 0. The Hall–Kier alpha value is 0.480. The summed E-state index contributed by atoms with van der Waals surface area (Å²) in [5.74, 6) is 0. The molecule has 1 saturated carbocycles. The van der Waals surface area contributed by atoms with E-state index in [2.05, 4.69) is 29.8 Å². The van der Waals surface area contributed by atoms with Crippen LogP contribution in [-0.4, -0.2) is 4.83 Å². The van der Waals surface area contributed by atoms with Gasteiger partial charge in [0.05, 0.1) is 0 Å². The zero-order valence-corrected chi connectivity index (χ0v) is 10.7. The Morgan fingerprint density at radius 2 is 1.85 bits per heavy atom. The summed E-state index contributed by atoms with van der Waals surface area (Å²) >= 11 is 3.74. The van der Waals surface area contributed by atoms with E-state index in [1.807, 2.05) is 0 Å². The lowest BCUT2D eigenvalue weighted by molar-refractivity contribution is 0.165. The molecule has 0 unspecified atom stereocenters. The second kappa shape index (κ2) is 5.38. The van der Waals surface area contributed by atoms with Gasteiger partial charge in [-0.1, -0.05) is 49.0 Å². The van der Waals surface area contributed by atoms with Crippen molar-refractivity contribution in [3.63, 3.8) is 0 Å². The third-order valence-electron chi connectivity index (χ3n) is 3.79. The summed E-state index contributed by atoms with van der Waals surface area (Å²) in [6, 6.07) is 0. The molecule has 0 heterocycles. The molecule has 0 atom stereocenters. The van der Waals surface area contributed by atoms with E-state index in [0.717, 1.165) is 10.2 Å². The number of halogens is 1. The Bertz CT molecular complexity index is 129. The van der Waals surface area contributed by atoms with Crippen molar-refractivity contribution in [3.05, 3.63) is 0 Å². The van der Waals surface area contributed by atoms with Crippen molar-refractivity contribution in [2.45, 2.75) is 70.0 Å². The van der Waals surface area contributed by atoms with E-state index >= 15 is 0 Å². The van der Waals surface area contributed by atoms with Crippen molar-refractivity contribution >= 4 is 15.9 Å². The van der Waals surface area contributed by atoms with E-state index in [4.69, 9.17) is 0 Å². The highest BCUT2D eigenvalue weighted by Gasteiger charge is 2.31. The quantitative estimate of drug-likeness (QED) is 0.619. The van der Waals surface area contributed by atoms with Gasteiger partial charge < -0.3 is 0 Å². The first-order valence-electron chi connectivity index (χ1n) is 5.86. The maximum absolute atomic E-state index is 3.74. The molecule has 0 amide bonds. The lowest BCUT2D eigenvalue weighted by Gasteiger charge is -2.38. The fourth-order valence-electron chi connectivity index (χ4n) is 2.53. The maximum atomic E-state index is 3.74. The predicted octanol–water partition coefficient (Wildman–Crippen LogP) is 4.91. The molecule has 78 valence electrons. The predicted molar refractivity (Wildman–Crippen MR) is 63.4 cm³/mol. The molecule has 0 aromatic heterocycles. The van der Waals surface area contributed by atoms with Gasteiger partial charge in [0.25, 0.3) is 0 Å². The molecule has 1 heteroatoms. The average Bonchev–Trinajstić information content (AvgIpc) is 2.18. The smallest absolute Gasteiger partial charge is 0.0146 e. The number of hydrogen-bond donors (Lipinski definition) is 0. The van der Waals surface area contributed by atoms with Gasteiger partial charge >= 0.3 is 0 Å². The summed E-state index contributed by atoms with van der Waals surface area (Å²) in [6.45, 7) is 4.68. The first-order valence-corrected chi connectivity index (χ1v) is 6.78. The molecule has 0 nitrogen and oxygen atoms in total. The zero-order chi connectivity index (χ0) is 9.73. The largest absolute Gasteiger partial charge is 0.0891 e. The van der Waals surface area contributed by atoms with Crippen LogP contribution in [0.1, 0.15) is 65.2 Å². The minimum absolute atomic E-state index is 0.722. The monoisotopic (exact) mass is 246 g/mol. The summed E-state index contributed by atoms with van der Waals surface area (Å²) in [5.41, 5.74) is 0.722. The molecule has 0 N–H and O–H groups in total. The summed E-state index contributed by atoms with van der Waals surface area (Å²) in [5, 5.41) is 0. The lowest BCUT2D eigenvalue weighted by atomic mass is 9.69. The third kappa shape index (κ3) is 3.27. The first kappa shape index (κ1) is 11.6. The fourth-order valence-corrected chi connectivity index (χ4v) is 2.98. The lowest BCUT2D eigenvalue weighted by Crippen LogP contribution is -2.27. The van der Waals surface area contributed by atoms with Gasteiger partial charge in [-0.05, 0) is 37.5 Å². The molecule has 1 fully saturated rings. The Balaban J connectivity index is 2.40. The third-order valence-corrected chi connectivity index (χ3v) is 4.70. The van der Waals surface area contributed by atoms with E-state index in [0.29, 0.717) is 0 Å².